The van der Waals surface area contributed by atoms with E-state index in [1.54, 1.807) is 42.2 Å². The summed E-state index contributed by atoms with van der Waals surface area (Å²) in [6.07, 6.45) is 0.0425. The molecule has 0 aliphatic rings. The number of aromatic nitrogens is 2. The fourth-order valence-electron chi connectivity index (χ4n) is 3.73. The number of nitrogens with two attached hydrogens (primary N) is 2. The molecule has 4 aromatic rings. The second-order valence-corrected chi connectivity index (χ2v) is 8.92. The van der Waals surface area contributed by atoms with Crippen LogP contribution in [0.4, 0.5) is 5.69 Å². The van der Waals surface area contributed by atoms with Gasteiger partial charge in [-0.25, -0.2) is 9.97 Å². The lowest BCUT2D eigenvalue weighted by Crippen LogP contribution is -2.33. The van der Waals surface area contributed by atoms with E-state index in [4.69, 9.17) is 26.6 Å². The minimum atomic E-state index is -0.382. The van der Waals surface area contributed by atoms with Crippen LogP contribution >= 0.6 is 11.3 Å². The molecule has 0 radical (unpaired) electrons. The van der Waals surface area contributed by atoms with Crippen molar-refractivity contribution in [3.63, 3.8) is 0 Å². The van der Waals surface area contributed by atoms with Gasteiger partial charge in [0, 0.05) is 29.9 Å². The Morgan fingerprint density at radius 2 is 1.81 bits per heavy atom. The van der Waals surface area contributed by atoms with Gasteiger partial charge in [0.2, 0.25) is 0 Å². The number of fused-ring (bicyclic) bond motifs is 1. The van der Waals surface area contributed by atoms with E-state index in [1.165, 1.54) is 11.3 Å². The number of para-hydroxylation sites is 1. The maximum atomic E-state index is 14.0. The summed E-state index contributed by atoms with van der Waals surface area (Å²) in [6.45, 7) is 2.41. The first kappa shape index (κ1) is 25.0. The molecule has 0 fully saturated rings. The topological polar surface area (TPSA) is 148 Å². The van der Waals surface area contributed by atoms with Crippen molar-refractivity contribution < 1.29 is 14.3 Å². The van der Waals surface area contributed by atoms with Crippen LogP contribution in [-0.2, 0) is 16.1 Å². The van der Waals surface area contributed by atoms with Crippen molar-refractivity contribution in [2.45, 2.75) is 19.9 Å². The average Bonchev–Trinajstić information content (AvgIpc) is 3.31. The number of esters is 1. The lowest BCUT2D eigenvalue weighted by molar-refractivity contribution is -0.142. The Kier molecular flexibility index (Phi) is 7.67. The van der Waals surface area contributed by atoms with Crippen molar-refractivity contribution in [1.29, 1.82) is 5.41 Å². The molecule has 0 bridgehead atoms. The zero-order chi connectivity index (χ0) is 25.7. The molecule has 2 heterocycles. The van der Waals surface area contributed by atoms with Crippen LogP contribution in [0.3, 0.4) is 0 Å². The fraction of sp³-hybridized carbons (Fsp3) is 0.192. The second-order valence-electron chi connectivity index (χ2n) is 7.86. The van der Waals surface area contributed by atoms with Crippen molar-refractivity contribution in [3.05, 3.63) is 76.8 Å². The molecule has 9 nitrogen and oxygen atoms in total. The summed E-state index contributed by atoms with van der Waals surface area (Å²) in [5.74, 6) is -0.759. The van der Waals surface area contributed by atoms with Gasteiger partial charge in [0.1, 0.15) is 21.2 Å². The Balaban J connectivity index is 1.82. The molecule has 1 amide bonds. The van der Waals surface area contributed by atoms with Crippen LogP contribution in [0.2, 0.25) is 0 Å². The molecule has 0 unspecified atom stereocenters. The third kappa shape index (κ3) is 5.40. The number of rotatable bonds is 9. The van der Waals surface area contributed by atoms with Gasteiger partial charge >= 0.3 is 5.97 Å². The molecular weight excluding hydrogens is 476 g/mol. The molecule has 0 spiro atoms. The summed E-state index contributed by atoms with van der Waals surface area (Å²) < 4.78 is 5.07. The van der Waals surface area contributed by atoms with Gasteiger partial charge in [-0.2, -0.15) is 0 Å². The number of nitrogens with zero attached hydrogens (tertiary/aromatic N) is 3. The number of amidine groups is 1. The maximum Gasteiger partial charge on any atom is 0.307 e. The number of carbonyl (C=O) groups is 2. The van der Waals surface area contributed by atoms with Gasteiger partial charge in [0.25, 0.3) is 5.91 Å². The van der Waals surface area contributed by atoms with E-state index < -0.39 is 0 Å². The van der Waals surface area contributed by atoms with Crippen LogP contribution in [0.5, 0.6) is 0 Å². The Labute approximate surface area is 212 Å². The number of benzene rings is 2. The lowest BCUT2D eigenvalue weighted by Gasteiger charge is -2.23. The zero-order valence-electron chi connectivity index (χ0n) is 19.7. The molecule has 36 heavy (non-hydrogen) atoms. The van der Waals surface area contributed by atoms with Crippen LogP contribution in [0.25, 0.3) is 21.6 Å². The summed E-state index contributed by atoms with van der Waals surface area (Å²) in [5, 5.41) is 8.37. The van der Waals surface area contributed by atoms with E-state index in [2.05, 4.69) is 4.98 Å². The first-order valence-electron chi connectivity index (χ1n) is 11.4. The van der Waals surface area contributed by atoms with Crippen molar-refractivity contribution in [3.8, 4) is 11.3 Å². The van der Waals surface area contributed by atoms with Crippen LogP contribution in [0, 0.1) is 5.41 Å². The molecule has 5 N–H and O–H groups in total. The number of nitrogen functional groups attached to an aromatic ring is 1. The van der Waals surface area contributed by atoms with Gasteiger partial charge in [0.05, 0.1) is 24.3 Å². The number of nitrogens with one attached hydrogen (secondary N) is 1. The quantitative estimate of drug-likeness (QED) is 0.179. The highest BCUT2D eigenvalue weighted by Crippen LogP contribution is 2.31. The Bertz CT molecular complexity index is 1400. The van der Waals surface area contributed by atoms with Gasteiger partial charge < -0.3 is 21.1 Å². The third-order valence-electron chi connectivity index (χ3n) is 5.46. The predicted molar refractivity (Wildman–Crippen MR) is 141 cm³/mol. The minimum Gasteiger partial charge on any atom is -0.466 e. The molecule has 0 atom stereocenters. The van der Waals surface area contributed by atoms with Crippen molar-refractivity contribution >= 4 is 45.1 Å². The lowest BCUT2D eigenvalue weighted by atomic mass is 10.0. The SMILES string of the molecule is CCOC(=O)CCN(C(=O)c1cc2nc(CN)sc2nc1-c1ccc(C(=N)N)cc1)c1ccccc1. The number of thiazole rings is 1. The first-order chi connectivity index (χ1) is 17.4. The zero-order valence-corrected chi connectivity index (χ0v) is 20.5. The molecule has 2 aromatic heterocycles. The Morgan fingerprint density at radius 1 is 1.08 bits per heavy atom. The molecule has 10 heteroatoms. The monoisotopic (exact) mass is 502 g/mol. The van der Waals surface area contributed by atoms with E-state index in [0.29, 0.717) is 43.4 Å². The van der Waals surface area contributed by atoms with Gasteiger partial charge in [0.15, 0.2) is 0 Å². The number of hydrogen-bond donors (Lipinski definition) is 3. The second kappa shape index (κ2) is 11.1. The normalized spacial score (nSPS) is 10.8. The molecule has 0 saturated carbocycles. The number of anilines is 1. The number of carbonyl (C=O) groups excluding carboxylic acids is 2. The van der Waals surface area contributed by atoms with Gasteiger partial charge in [-0.1, -0.05) is 53.8 Å². The number of pyridine rings is 1. The Morgan fingerprint density at radius 3 is 2.44 bits per heavy atom. The largest absolute Gasteiger partial charge is 0.466 e. The average molecular weight is 503 g/mol. The summed E-state index contributed by atoms with van der Waals surface area (Å²) in [6, 6.07) is 17.8. The first-order valence-corrected chi connectivity index (χ1v) is 12.2. The summed E-state index contributed by atoms with van der Waals surface area (Å²) in [4.78, 5) is 37.7. The Hall–Kier alpha value is -4.15. The summed E-state index contributed by atoms with van der Waals surface area (Å²) in [7, 11) is 0. The minimum absolute atomic E-state index is 0.0425. The third-order valence-corrected chi connectivity index (χ3v) is 6.45. The van der Waals surface area contributed by atoms with E-state index in [9.17, 15) is 9.59 Å². The fourth-order valence-corrected chi connectivity index (χ4v) is 4.52. The summed E-state index contributed by atoms with van der Waals surface area (Å²) in [5.41, 5.74) is 14.7. The highest BCUT2D eigenvalue weighted by molar-refractivity contribution is 7.18. The van der Waals surface area contributed by atoms with Crippen LogP contribution < -0.4 is 16.4 Å². The molecule has 0 aliphatic carbocycles. The van der Waals surface area contributed by atoms with Crippen molar-refractivity contribution in [1.82, 2.24) is 9.97 Å². The van der Waals surface area contributed by atoms with E-state index >= 15 is 0 Å². The number of ether oxygens (including phenoxy) is 1. The van der Waals surface area contributed by atoms with Gasteiger partial charge in [-0.05, 0) is 25.1 Å². The van der Waals surface area contributed by atoms with Crippen molar-refractivity contribution in [2.75, 3.05) is 18.1 Å². The van der Waals surface area contributed by atoms with Crippen molar-refractivity contribution in [2.24, 2.45) is 11.5 Å². The highest BCUT2D eigenvalue weighted by Gasteiger charge is 2.25. The molecular formula is C26H26N6O3S. The van der Waals surface area contributed by atoms with Gasteiger partial charge in [-0.3, -0.25) is 15.0 Å². The summed E-state index contributed by atoms with van der Waals surface area (Å²) >= 11 is 1.37. The van der Waals surface area contributed by atoms with Crippen LogP contribution in [-0.4, -0.2) is 40.8 Å². The van der Waals surface area contributed by atoms with Gasteiger partial charge in [-0.15, -0.1) is 0 Å². The molecule has 2 aromatic carbocycles. The number of hydrogen-bond acceptors (Lipinski definition) is 8. The molecule has 184 valence electrons. The molecule has 4 rings (SSSR count). The van der Waals surface area contributed by atoms with E-state index in [1.807, 2.05) is 30.3 Å². The van der Waals surface area contributed by atoms with Crippen LogP contribution in [0.15, 0.2) is 60.7 Å². The highest BCUT2D eigenvalue weighted by atomic mass is 32.1. The van der Waals surface area contributed by atoms with E-state index in [-0.39, 0.29) is 43.8 Å². The standard InChI is InChI=1S/C26H26N6O3S/c1-2-35-22(33)12-13-32(18-6-4-3-5-7-18)26(34)19-14-20-25(36-21(15-27)30-20)31-23(19)16-8-10-17(11-9-16)24(28)29/h3-11,14H,2,12-13,15,27H2,1H3,(H3,28,29). The number of amides is 1. The maximum absolute atomic E-state index is 14.0. The van der Waals surface area contributed by atoms with Crippen LogP contribution in [0.1, 0.15) is 34.3 Å². The smallest absolute Gasteiger partial charge is 0.307 e. The predicted octanol–water partition coefficient (Wildman–Crippen LogP) is 3.70. The molecule has 0 saturated heterocycles. The van der Waals surface area contributed by atoms with E-state index in [0.717, 1.165) is 0 Å². The molecule has 0 aliphatic heterocycles.